The van der Waals surface area contributed by atoms with Crippen LogP contribution in [0.5, 0.6) is 0 Å². The predicted molar refractivity (Wildman–Crippen MR) is 76.4 cm³/mol. The van der Waals surface area contributed by atoms with Crippen LogP contribution in [0, 0.1) is 5.92 Å². The van der Waals surface area contributed by atoms with E-state index in [-0.39, 0.29) is 11.9 Å². The Balaban J connectivity index is 2.73. The van der Waals surface area contributed by atoms with Gasteiger partial charge in [0, 0.05) is 13.7 Å². The van der Waals surface area contributed by atoms with Gasteiger partial charge in [-0.3, -0.25) is 4.79 Å². The van der Waals surface area contributed by atoms with E-state index in [1.165, 1.54) is 0 Å². The Labute approximate surface area is 114 Å². The second-order valence-corrected chi connectivity index (χ2v) is 4.72. The third-order valence-corrected chi connectivity index (χ3v) is 2.81. The van der Waals surface area contributed by atoms with Crippen LogP contribution in [-0.4, -0.2) is 37.2 Å². The van der Waals surface area contributed by atoms with E-state index in [0.717, 1.165) is 6.54 Å². The Morgan fingerprint density at radius 1 is 1.42 bits per heavy atom. The molecular formula is C14H23N3O2. The first-order valence-corrected chi connectivity index (χ1v) is 6.59. The average Bonchev–Trinajstić information content (AvgIpc) is 2.38. The van der Waals surface area contributed by atoms with Crippen molar-refractivity contribution >= 4 is 11.7 Å². The minimum Gasteiger partial charge on any atom is -0.383 e. The molecule has 0 saturated heterocycles. The molecule has 1 aromatic heterocycles. The van der Waals surface area contributed by atoms with Gasteiger partial charge in [-0.2, -0.15) is 0 Å². The molecule has 0 radical (unpaired) electrons. The van der Waals surface area contributed by atoms with E-state index in [1.54, 1.807) is 13.2 Å². The number of carbonyl (C=O) groups excluding carboxylic acids is 1. The van der Waals surface area contributed by atoms with Gasteiger partial charge in [0.15, 0.2) is 0 Å². The van der Waals surface area contributed by atoms with Crippen molar-refractivity contribution in [1.29, 1.82) is 0 Å². The molecule has 0 aromatic carbocycles. The Bertz CT molecular complexity index is 407. The lowest BCUT2D eigenvalue weighted by Gasteiger charge is -2.21. The maximum absolute atomic E-state index is 12.1. The quantitative estimate of drug-likeness (QED) is 0.790. The fraction of sp³-hybridized carbons (Fsp3) is 0.571. The molecule has 0 aliphatic rings. The Hall–Kier alpha value is -1.62. The van der Waals surface area contributed by atoms with Crippen LogP contribution >= 0.6 is 0 Å². The number of anilines is 1. The predicted octanol–water partition coefficient (Wildman–Crippen LogP) is 1.91. The highest BCUT2D eigenvalue weighted by Crippen LogP contribution is 2.07. The average molecular weight is 265 g/mol. The molecule has 1 rings (SSSR count). The summed E-state index contributed by atoms with van der Waals surface area (Å²) in [5, 5.41) is 6.04. The molecule has 19 heavy (non-hydrogen) atoms. The minimum atomic E-state index is -0.171. The molecule has 106 valence electrons. The molecule has 0 spiro atoms. The van der Waals surface area contributed by atoms with Gasteiger partial charge >= 0.3 is 0 Å². The van der Waals surface area contributed by atoms with Gasteiger partial charge in [-0.25, -0.2) is 4.98 Å². The molecule has 0 fully saturated rings. The lowest BCUT2D eigenvalue weighted by atomic mass is 10.1. The third kappa shape index (κ3) is 4.87. The summed E-state index contributed by atoms with van der Waals surface area (Å²) in [4.78, 5) is 16.4. The highest BCUT2D eigenvalue weighted by Gasteiger charge is 2.17. The number of aromatic nitrogens is 1. The molecule has 0 saturated carbocycles. The number of ether oxygens (including phenoxy) is 1. The van der Waals surface area contributed by atoms with Crippen LogP contribution in [0.15, 0.2) is 18.2 Å². The number of carbonyl (C=O) groups is 1. The summed E-state index contributed by atoms with van der Waals surface area (Å²) in [6.07, 6.45) is 0. The van der Waals surface area contributed by atoms with Gasteiger partial charge in [-0.1, -0.05) is 19.9 Å². The van der Waals surface area contributed by atoms with Crippen LogP contribution < -0.4 is 10.6 Å². The molecule has 1 heterocycles. The minimum absolute atomic E-state index is 0.0120. The summed E-state index contributed by atoms with van der Waals surface area (Å²) in [7, 11) is 1.63. The van der Waals surface area contributed by atoms with Crippen molar-refractivity contribution in [1.82, 2.24) is 10.3 Å². The van der Waals surface area contributed by atoms with Crippen LogP contribution in [0.4, 0.5) is 5.82 Å². The van der Waals surface area contributed by atoms with E-state index in [2.05, 4.69) is 15.6 Å². The van der Waals surface area contributed by atoms with Crippen molar-refractivity contribution in [3.63, 3.8) is 0 Å². The summed E-state index contributed by atoms with van der Waals surface area (Å²) >= 11 is 0. The molecule has 1 aromatic rings. The summed E-state index contributed by atoms with van der Waals surface area (Å²) in [5.41, 5.74) is 0.417. The topological polar surface area (TPSA) is 63.2 Å². The maximum Gasteiger partial charge on any atom is 0.270 e. The van der Waals surface area contributed by atoms with E-state index in [0.29, 0.717) is 24.0 Å². The summed E-state index contributed by atoms with van der Waals surface area (Å²) in [6.45, 7) is 7.35. The highest BCUT2D eigenvalue weighted by atomic mass is 16.5. The third-order valence-electron chi connectivity index (χ3n) is 2.81. The smallest absolute Gasteiger partial charge is 0.270 e. The SMILES string of the molecule is CCNc1cccc(C(=O)NC(COC)C(C)C)n1. The monoisotopic (exact) mass is 265 g/mol. The molecule has 1 amide bonds. The molecule has 0 aliphatic carbocycles. The maximum atomic E-state index is 12.1. The van der Waals surface area contributed by atoms with Gasteiger partial charge < -0.3 is 15.4 Å². The van der Waals surface area contributed by atoms with Crippen LogP contribution in [-0.2, 0) is 4.74 Å². The standard InChI is InChI=1S/C14H23N3O2/c1-5-15-13-8-6-7-11(16-13)14(18)17-12(9-19-4)10(2)3/h6-8,10,12H,5,9H2,1-4H3,(H,15,16)(H,17,18). The number of methoxy groups -OCH3 is 1. The molecule has 1 atom stereocenters. The van der Waals surface area contributed by atoms with Crippen molar-refractivity contribution in [2.45, 2.75) is 26.8 Å². The number of hydrogen-bond acceptors (Lipinski definition) is 4. The highest BCUT2D eigenvalue weighted by molar-refractivity contribution is 5.92. The van der Waals surface area contributed by atoms with E-state index in [4.69, 9.17) is 4.74 Å². The van der Waals surface area contributed by atoms with Crippen molar-refractivity contribution < 1.29 is 9.53 Å². The Morgan fingerprint density at radius 3 is 2.74 bits per heavy atom. The zero-order chi connectivity index (χ0) is 14.3. The van der Waals surface area contributed by atoms with Crippen LogP contribution in [0.25, 0.3) is 0 Å². The first-order chi connectivity index (χ1) is 9.08. The fourth-order valence-electron chi connectivity index (χ4n) is 1.66. The Morgan fingerprint density at radius 2 is 2.16 bits per heavy atom. The van der Waals surface area contributed by atoms with E-state index in [1.807, 2.05) is 32.9 Å². The molecular weight excluding hydrogens is 242 g/mol. The largest absolute Gasteiger partial charge is 0.383 e. The fourth-order valence-corrected chi connectivity index (χ4v) is 1.66. The molecule has 5 nitrogen and oxygen atoms in total. The number of nitrogens with zero attached hydrogens (tertiary/aromatic N) is 1. The van der Waals surface area contributed by atoms with Gasteiger partial charge in [0.25, 0.3) is 5.91 Å². The summed E-state index contributed by atoms with van der Waals surface area (Å²) in [5.74, 6) is 0.847. The van der Waals surface area contributed by atoms with Crippen LogP contribution in [0.2, 0.25) is 0 Å². The van der Waals surface area contributed by atoms with E-state index >= 15 is 0 Å². The normalized spacial score (nSPS) is 12.3. The summed E-state index contributed by atoms with van der Waals surface area (Å²) in [6, 6.07) is 5.36. The molecule has 1 unspecified atom stereocenters. The second-order valence-electron chi connectivity index (χ2n) is 4.72. The van der Waals surface area contributed by atoms with Crippen molar-refractivity contribution in [3.8, 4) is 0 Å². The van der Waals surface area contributed by atoms with Gasteiger partial charge in [-0.05, 0) is 25.0 Å². The number of nitrogens with one attached hydrogen (secondary N) is 2. The lowest BCUT2D eigenvalue weighted by molar-refractivity contribution is 0.0862. The van der Waals surface area contributed by atoms with Crippen LogP contribution in [0.3, 0.4) is 0 Å². The van der Waals surface area contributed by atoms with Gasteiger partial charge in [0.2, 0.25) is 0 Å². The van der Waals surface area contributed by atoms with Gasteiger partial charge in [-0.15, -0.1) is 0 Å². The number of pyridine rings is 1. The van der Waals surface area contributed by atoms with E-state index in [9.17, 15) is 4.79 Å². The molecule has 5 heteroatoms. The first kappa shape index (κ1) is 15.4. The van der Waals surface area contributed by atoms with Crippen molar-refractivity contribution in [3.05, 3.63) is 23.9 Å². The van der Waals surface area contributed by atoms with Crippen LogP contribution in [0.1, 0.15) is 31.3 Å². The second kappa shape index (κ2) is 7.74. The van der Waals surface area contributed by atoms with E-state index < -0.39 is 0 Å². The number of hydrogen-bond donors (Lipinski definition) is 2. The molecule has 0 aliphatic heterocycles. The van der Waals surface area contributed by atoms with Gasteiger partial charge in [0.1, 0.15) is 11.5 Å². The van der Waals surface area contributed by atoms with Crippen molar-refractivity contribution in [2.24, 2.45) is 5.92 Å². The lowest BCUT2D eigenvalue weighted by Crippen LogP contribution is -2.42. The molecule has 2 N–H and O–H groups in total. The Kier molecular flexibility index (Phi) is 6.29. The number of amides is 1. The van der Waals surface area contributed by atoms with Gasteiger partial charge in [0.05, 0.1) is 12.6 Å². The molecule has 0 bridgehead atoms. The zero-order valence-electron chi connectivity index (χ0n) is 12.1. The zero-order valence-corrected chi connectivity index (χ0v) is 12.1. The summed E-state index contributed by atoms with van der Waals surface area (Å²) < 4.78 is 5.12. The number of rotatable bonds is 7. The first-order valence-electron chi connectivity index (χ1n) is 6.59. The van der Waals surface area contributed by atoms with Crippen molar-refractivity contribution in [2.75, 3.05) is 25.6 Å².